The molecule has 2 heterocycles. The van der Waals surface area contributed by atoms with Crippen LogP contribution in [0.15, 0.2) is 48.5 Å². The Morgan fingerprint density at radius 3 is 2.73 bits per heavy atom. The SMILES string of the molecule is COc1ccc(Cl)cc1CN(C)c1cc(C(=O)N2CCOCC2)c2ccccc2n1. The van der Waals surface area contributed by atoms with E-state index in [4.69, 9.17) is 26.1 Å². The van der Waals surface area contributed by atoms with Gasteiger partial charge in [-0.2, -0.15) is 0 Å². The number of methoxy groups -OCH3 is 1. The first-order valence-corrected chi connectivity index (χ1v) is 10.2. The van der Waals surface area contributed by atoms with E-state index in [-0.39, 0.29) is 5.91 Å². The van der Waals surface area contributed by atoms with Crippen LogP contribution in [-0.2, 0) is 11.3 Å². The number of hydrogen-bond donors (Lipinski definition) is 0. The lowest BCUT2D eigenvalue weighted by molar-refractivity contribution is 0.0304. The molecule has 0 unspecified atom stereocenters. The quantitative estimate of drug-likeness (QED) is 0.618. The highest BCUT2D eigenvalue weighted by Gasteiger charge is 2.22. The minimum atomic E-state index is 0.00638. The van der Waals surface area contributed by atoms with Crippen LogP contribution >= 0.6 is 11.6 Å². The van der Waals surface area contributed by atoms with Crippen molar-refractivity contribution >= 4 is 34.2 Å². The zero-order valence-corrected chi connectivity index (χ0v) is 17.9. The highest BCUT2D eigenvalue weighted by Crippen LogP contribution is 2.28. The molecule has 0 aliphatic carbocycles. The second-order valence-corrected chi connectivity index (χ2v) is 7.70. The molecule has 30 heavy (non-hydrogen) atoms. The number of carbonyl (C=O) groups is 1. The summed E-state index contributed by atoms with van der Waals surface area (Å²) < 4.78 is 10.9. The van der Waals surface area contributed by atoms with Gasteiger partial charge in [-0.25, -0.2) is 4.98 Å². The van der Waals surface area contributed by atoms with Gasteiger partial charge in [-0.1, -0.05) is 29.8 Å². The third kappa shape index (κ3) is 4.20. The molecule has 0 spiro atoms. The first kappa shape index (κ1) is 20.4. The Labute approximate surface area is 181 Å². The van der Waals surface area contributed by atoms with Crippen LogP contribution < -0.4 is 9.64 Å². The normalized spacial score (nSPS) is 14.0. The van der Waals surface area contributed by atoms with Gasteiger partial charge >= 0.3 is 0 Å². The van der Waals surface area contributed by atoms with Crippen molar-refractivity contribution in [2.24, 2.45) is 0 Å². The Morgan fingerprint density at radius 2 is 1.97 bits per heavy atom. The summed E-state index contributed by atoms with van der Waals surface area (Å²) in [5, 5.41) is 1.50. The molecule has 1 aliphatic heterocycles. The zero-order valence-electron chi connectivity index (χ0n) is 17.1. The van der Waals surface area contributed by atoms with Gasteiger partial charge < -0.3 is 19.3 Å². The molecular formula is C23H24ClN3O3. The average Bonchev–Trinajstić information content (AvgIpc) is 2.78. The van der Waals surface area contributed by atoms with Crippen molar-refractivity contribution in [2.45, 2.75) is 6.54 Å². The number of anilines is 1. The molecular weight excluding hydrogens is 402 g/mol. The molecule has 0 atom stereocenters. The Bertz CT molecular complexity index is 1070. The number of morpholine rings is 1. The summed E-state index contributed by atoms with van der Waals surface area (Å²) in [6.07, 6.45) is 0. The number of halogens is 1. The van der Waals surface area contributed by atoms with Gasteiger partial charge in [-0.3, -0.25) is 4.79 Å². The predicted octanol–water partition coefficient (Wildman–Crippen LogP) is 4.01. The van der Waals surface area contributed by atoms with Crippen molar-refractivity contribution in [1.29, 1.82) is 0 Å². The number of hydrogen-bond acceptors (Lipinski definition) is 5. The first-order valence-electron chi connectivity index (χ1n) is 9.87. The molecule has 156 valence electrons. The fraction of sp³-hybridized carbons (Fsp3) is 0.304. The molecule has 0 radical (unpaired) electrons. The largest absolute Gasteiger partial charge is 0.496 e. The van der Waals surface area contributed by atoms with E-state index in [9.17, 15) is 4.79 Å². The van der Waals surface area contributed by atoms with Gasteiger partial charge in [-0.15, -0.1) is 0 Å². The average molecular weight is 426 g/mol. The van der Waals surface area contributed by atoms with Crippen LogP contribution in [0.3, 0.4) is 0 Å². The Morgan fingerprint density at radius 1 is 1.20 bits per heavy atom. The topological polar surface area (TPSA) is 54.9 Å². The Balaban J connectivity index is 1.71. The third-order valence-electron chi connectivity index (χ3n) is 5.27. The van der Waals surface area contributed by atoms with E-state index < -0.39 is 0 Å². The number of benzene rings is 2. The van der Waals surface area contributed by atoms with Crippen LogP contribution in [0.1, 0.15) is 15.9 Å². The molecule has 1 fully saturated rings. The van der Waals surface area contributed by atoms with E-state index in [1.807, 2.05) is 59.3 Å². The highest BCUT2D eigenvalue weighted by atomic mass is 35.5. The Hall–Kier alpha value is -2.83. The minimum Gasteiger partial charge on any atom is -0.496 e. The summed E-state index contributed by atoms with van der Waals surface area (Å²) in [7, 11) is 3.58. The van der Waals surface area contributed by atoms with Crippen LogP contribution in [0.5, 0.6) is 5.75 Å². The number of amides is 1. The van der Waals surface area contributed by atoms with E-state index in [1.54, 1.807) is 13.2 Å². The molecule has 2 aromatic carbocycles. The summed E-state index contributed by atoms with van der Waals surface area (Å²) in [6, 6.07) is 15.2. The first-order chi connectivity index (χ1) is 14.6. The minimum absolute atomic E-state index is 0.00638. The zero-order chi connectivity index (χ0) is 21.1. The summed E-state index contributed by atoms with van der Waals surface area (Å²) in [4.78, 5) is 21.9. The second-order valence-electron chi connectivity index (χ2n) is 7.26. The van der Waals surface area contributed by atoms with Gasteiger partial charge in [0.25, 0.3) is 5.91 Å². The van der Waals surface area contributed by atoms with Crippen LogP contribution in [0.2, 0.25) is 5.02 Å². The number of fused-ring (bicyclic) bond motifs is 1. The molecule has 0 N–H and O–H groups in total. The van der Waals surface area contributed by atoms with Crippen molar-refractivity contribution in [2.75, 3.05) is 45.4 Å². The molecule has 3 aromatic rings. The number of para-hydroxylation sites is 1. The number of nitrogens with zero attached hydrogens (tertiary/aromatic N) is 3. The fourth-order valence-corrected chi connectivity index (χ4v) is 3.87. The van der Waals surface area contributed by atoms with Gasteiger partial charge in [0.1, 0.15) is 11.6 Å². The van der Waals surface area contributed by atoms with Crippen molar-refractivity contribution in [3.63, 3.8) is 0 Å². The van der Waals surface area contributed by atoms with Crippen LogP contribution in [-0.4, -0.2) is 56.3 Å². The molecule has 1 amide bonds. The number of rotatable bonds is 5. The predicted molar refractivity (Wildman–Crippen MR) is 119 cm³/mol. The van der Waals surface area contributed by atoms with Crippen LogP contribution in [0, 0.1) is 0 Å². The van der Waals surface area contributed by atoms with Gasteiger partial charge in [-0.05, 0) is 30.3 Å². The molecule has 7 heteroatoms. The standard InChI is InChI=1S/C23H24ClN3O3/c1-26(15-16-13-17(24)7-8-21(16)29-2)22-14-19(18-5-3-4-6-20(18)25-22)23(28)27-9-11-30-12-10-27/h3-8,13-14H,9-12,15H2,1-2H3. The maximum Gasteiger partial charge on any atom is 0.254 e. The number of ether oxygens (including phenoxy) is 2. The number of pyridine rings is 1. The van der Waals surface area contributed by atoms with E-state index in [1.165, 1.54) is 0 Å². The van der Waals surface area contributed by atoms with E-state index in [0.29, 0.717) is 49.3 Å². The number of aromatic nitrogens is 1. The molecule has 1 aromatic heterocycles. The molecule has 6 nitrogen and oxygen atoms in total. The monoisotopic (exact) mass is 425 g/mol. The number of carbonyl (C=O) groups excluding carboxylic acids is 1. The lowest BCUT2D eigenvalue weighted by Gasteiger charge is -2.28. The molecule has 1 saturated heterocycles. The van der Waals surface area contributed by atoms with E-state index >= 15 is 0 Å². The van der Waals surface area contributed by atoms with E-state index in [2.05, 4.69) is 0 Å². The molecule has 1 aliphatic rings. The summed E-state index contributed by atoms with van der Waals surface area (Å²) >= 11 is 6.18. The van der Waals surface area contributed by atoms with E-state index in [0.717, 1.165) is 22.2 Å². The Kier molecular flexibility index (Phi) is 6.06. The van der Waals surface area contributed by atoms with Crippen LogP contribution in [0.25, 0.3) is 10.9 Å². The van der Waals surface area contributed by atoms with Gasteiger partial charge in [0, 0.05) is 42.7 Å². The molecule has 0 bridgehead atoms. The van der Waals surface area contributed by atoms with Crippen molar-refractivity contribution in [1.82, 2.24) is 9.88 Å². The van der Waals surface area contributed by atoms with Gasteiger partial charge in [0.15, 0.2) is 0 Å². The van der Waals surface area contributed by atoms with Crippen molar-refractivity contribution in [3.8, 4) is 5.75 Å². The smallest absolute Gasteiger partial charge is 0.254 e. The second kappa shape index (κ2) is 8.90. The molecule has 0 saturated carbocycles. The van der Waals surface area contributed by atoms with Gasteiger partial charge in [0.2, 0.25) is 0 Å². The maximum absolute atomic E-state index is 13.3. The lowest BCUT2D eigenvalue weighted by Crippen LogP contribution is -2.40. The summed E-state index contributed by atoms with van der Waals surface area (Å²) in [5.74, 6) is 1.48. The fourth-order valence-electron chi connectivity index (χ4n) is 3.68. The third-order valence-corrected chi connectivity index (χ3v) is 5.51. The highest BCUT2D eigenvalue weighted by molar-refractivity contribution is 6.30. The van der Waals surface area contributed by atoms with Crippen molar-refractivity contribution in [3.05, 3.63) is 64.7 Å². The van der Waals surface area contributed by atoms with Gasteiger partial charge in [0.05, 0.1) is 31.4 Å². The lowest BCUT2D eigenvalue weighted by atomic mass is 10.1. The summed E-state index contributed by atoms with van der Waals surface area (Å²) in [6.45, 7) is 2.87. The van der Waals surface area contributed by atoms with Crippen LogP contribution in [0.4, 0.5) is 5.82 Å². The summed E-state index contributed by atoms with van der Waals surface area (Å²) in [5.41, 5.74) is 2.39. The maximum atomic E-state index is 13.3. The molecule has 4 rings (SSSR count). The van der Waals surface area contributed by atoms with Crippen molar-refractivity contribution < 1.29 is 14.3 Å².